The number of hydrogen-bond donors (Lipinski definition) is 0. The van der Waals surface area contributed by atoms with Gasteiger partial charge in [0.2, 0.25) is 0 Å². The largest absolute Gasteiger partial charge is 0.488 e. The summed E-state index contributed by atoms with van der Waals surface area (Å²) in [6.45, 7) is 7.50. The topological polar surface area (TPSA) is 9.23 Å². The lowest BCUT2D eigenvalue weighted by Crippen LogP contribution is -2.27. The average Bonchev–Trinajstić information content (AvgIpc) is 2.16. The van der Waals surface area contributed by atoms with Crippen molar-refractivity contribution in [2.45, 2.75) is 38.5 Å². The van der Waals surface area contributed by atoms with Gasteiger partial charge in [-0.05, 0) is 51.0 Å². The minimum atomic E-state index is -4.30. The number of halogens is 3. The van der Waals surface area contributed by atoms with E-state index in [2.05, 4.69) is 6.92 Å². The van der Waals surface area contributed by atoms with E-state index in [0.29, 0.717) is 12.2 Å². The Bertz CT molecular complexity index is 352. The first-order chi connectivity index (χ1) is 7.74. The number of ether oxygens (including phenoxy) is 1. The van der Waals surface area contributed by atoms with E-state index in [1.54, 1.807) is 0 Å². The summed E-state index contributed by atoms with van der Waals surface area (Å²) >= 11 is 0. The van der Waals surface area contributed by atoms with Gasteiger partial charge in [0.1, 0.15) is 11.4 Å². The number of benzene rings is 1. The van der Waals surface area contributed by atoms with E-state index in [4.69, 9.17) is 4.74 Å². The molecule has 0 atom stereocenters. The van der Waals surface area contributed by atoms with Crippen LogP contribution in [-0.2, 0) is 6.18 Å². The minimum Gasteiger partial charge on any atom is -0.488 e. The molecule has 0 saturated carbocycles. The zero-order valence-corrected chi connectivity index (χ0v) is 9.97. The molecule has 0 fully saturated rings. The molecule has 0 aliphatic carbocycles. The fourth-order valence-corrected chi connectivity index (χ4v) is 1.51. The van der Waals surface area contributed by atoms with E-state index in [0.717, 1.165) is 18.6 Å². The third-order valence-electron chi connectivity index (χ3n) is 2.35. The van der Waals surface area contributed by atoms with Crippen molar-refractivity contribution in [3.05, 3.63) is 36.8 Å². The van der Waals surface area contributed by atoms with Gasteiger partial charge in [-0.2, -0.15) is 13.2 Å². The van der Waals surface area contributed by atoms with Crippen molar-refractivity contribution in [1.82, 2.24) is 0 Å². The van der Waals surface area contributed by atoms with Crippen molar-refractivity contribution in [3.8, 4) is 5.75 Å². The molecule has 0 bridgehead atoms. The molecule has 1 radical (unpaired) electrons. The third-order valence-corrected chi connectivity index (χ3v) is 2.35. The molecule has 1 rings (SSSR count). The predicted molar refractivity (Wildman–Crippen MR) is 60.7 cm³/mol. The van der Waals surface area contributed by atoms with E-state index in [1.807, 2.05) is 13.8 Å². The summed E-state index contributed by atoms with van der Waals surface area (Å²) in [4.78, 5) is 0. The van der Waals surface area contributed by atoms with Gasteiger partial charge in [0, 0.05) is 0 Å². The van der Waals surface area contributed by atoms with Crippen molar-refractivity contribution in [1.29, 1.82) is 0 Å². The quantitative estimate of drug-likeness (QED) is 0.760. The maximum Gasteiger partial charge on any atom is 0.416 e. The van der Waals surface area contributed by atoms with Gasteiger partial charge < -0.3 is 4.74 Å². The maximum absolute atomic E-state index is 12.3. The van der Waals surface area contributed by atoms with Crippen LogP contribution in [-0.4, -0.2) is 5.60 Å². The molecule has 0 heterocycles. The summed E-state index contributed by atoms with van der Waals surface area (Å²) in [7, 11) is 0. The highest BCUT2D eigenvalue weighted by atomic mass is 19.4. The molecule has 0 amide bonds. The van der Waals surface area contributed by atoms with E-state index < -0.39 is 17.3 Å². The van der Waals surface area contributed by atoms with Gasteiger partial charge in [-0.3, -0.25) is 0 Å². The molecule has 0 saturated heterocycles. The smallest absolute Gasteiger partial charge is 0.416 e. The Kier molecular flexibility index (Phi) is 4.07. The normalized spacial score (nSPS) is 12.6. The summed E-state index contributed by atoms with van der Waals surface area (Å²) in [5.74, 6) is 0.441. The monoisotopic (exact) mass is 245 g/mol. The number of hydrogen-bond acceptors (Lipinski definition) is 1. The molecule has 0 aliphatic heterocycles. The first-order valence-corrected chi connectivity index (χ1v) is 5.40. The average molecular weight is 245 g/mol. The molecule has 1 aromatic rings. The zero-order chi connectivity index (χ0) is 13.1. The van der Waals surface area contributed by atoms with Crippen LogP contribution in [0.5, 0.6) is 5.75 Å². The summed E-state index contributed by atoms with van der Waals surface area (Å²) in [5, 5.41) is 0. The van der Waals surface area contributed by atoms with Gasteiger partial charge in [-0.1, -0.05) is 6.92 Å². The van der Waals surface area contributed by atoms with Gasteiger partial charge in [0.15, 0.2) is 0 Å². The summed E-state index contributed by atoms with van der Waals surface area (Å²) < 4.78 is 42.6. The van der Waals surface area contributed by atoms with Crippen LogP contribution in [0.1, 0.15) is 32.3 Å². The molecule has 4 heteroatoms. The summed E-state index contributed by atoms with van der Waals surface area (Å²) in [6, 6.07) is 4.73. The minimum absolute atomic E-state index is 0.415. The van der Waals surface area contributed by atoms with Crippen LogP contribution >= 0.6 is 0 Å². The van der Waals surface area contributed by atoms with Crippen LogP contribution in [0.2, 0.25) is 0 Å². The summed E-state index contributed by atoms with van der Waals surface area (Å²) in [6.07, 6.45) is -2.84. The molecule has 0 aliphatic rings. The Hall–Kier alpha value is -1.19. The van der Waals surface area contributed by atoms with Gasteiger partial charge in [0.05, 0.1) is 5.56 Å². The Morgan fingerprint density at radius 1 is 1.12 bits per heavy atom. The Labute approximate surface area is 99.6 Å². The van der Waals surface area contributed by atoms with Gasteiger partial charge in [-0.25, -0.2) is 0 Å². The van der Waals surface area contributed by atoms with Crippen molar-refractivity contribution < 1.29 is 17.9 Å². The number of rotatable bonds is 4. The molecule has 0 aromatic heterocycles. The van der Waals surface area contributed by atoms with Gasteiger partial charge >= 0.3 is 6.18 Å². The van der Waals surface area contributed by atoms with Crippen LogP contribution in [0.25, 0.3) is 0 Å². The molecule has 17 heavy (non-hydrogen) atoms. The lowest BCUT2D eigenvalue weighted by Gasteiger charge is -2.26. The predicted octanol–water partition coefficient (Wildman–Crippen LogP) is 4.48. The van der Waals surface area contributed by atoms with Crippen LogP contribution in [0.15, 0.2) is 24.3 Å². The lowest BCUT2D eigenvalue weighted by atomic mass is 10.0. The Morgan fingerprint density at radius 3 is 2.06 bits per heavy atom. The SMILES string of the molecule is [CH2]CCC(C)(C)Oc1ccc(C(F)(F)F)cc1. The van der Waals surface area contributed by atoms with Crippen LogP contribution < -0.4 is 4.74 Å². The molecule has 1 nitrogen and oxygen atoms in total. The first-order valence-electron chi connectivity index (χ1n) is 5.40. The molecule has 1 aromatic carbocycles. The van der Waals surface area contributed by atoms with E-state index in [9.17, 15) is 13.2 Å². The van der Waals surface area contributed by atoms with Gasteiger partial charge in [0.25, 0.3) is 0 Å². The first kappa shape index (κ1) is 13.9. The van der Waals surface area contributed by atoms with Crippen molar-refractivity contribution in [2.75, 3.05) is 0 Å². The molecule has 0 N–H and O–H groups in total. The van der Waals surface area contributed by atoms with Crippen molar-refractivity contribution in [3.63, 3.8) is 0 Å². The summed E-state index contributed by atoms with van der Waals surface area (Å²) in [5.41, 5.74) is -1.08. The Morgan fingerprint density at radius 2 is 1.65 bits per heavy atom. The highest BCUT2D eigenvalue weighted by molar-refractivity contribution is 5.29. The van der Waals surface area contributed by atoms with E-state index in [-0.39, 0.29) is 0 Å². The fourth-order valence-electron chi connectivity index (χ4n) is 1.51. The highest BCUT2D eigenvalue weighted by Crippen LogP contribution is 2.31. The van der Waals surface area contributed by atoms with Crippen molar-refractivity contribution in [2.24, 2.45) is 0 Å². The molecule has 95 valence electrons. The second-order valence-corrected chi connectivity index (χ2v) is 4.49. The maximum atomic E-state index is 12.3. The number of alkyl halides is 3. The molecule has 0 unspecified atom stereocenters. The molecular formula is C13H16F3O. The van der Waals surface area contributed by atoms with Crippen molar-refractivity contribution >= 4 is 0 Å². The fraction of sp³-hybridized carbons (Fsp3) is 0.462. The van der Waals surface area contributed by atoms with Crippen LogP contribution in [0.4, 0.5) is 13.2 Å². The third kappa shape index (κ3) is 4.29. The zero-order valence-electron chi connectivity index (χ0n) is 9.97. The van der Waals surface area contributed by atoms with Gasteiger partial charge in [-0.15, -0.1) is 0 Å². The van der Waals surface area contributed by atoms with E-state index in [1.165, 1.54) is 12.1 Å². The van der Waals surface area contributed by atoms with Crippen LogP contribution in [0, 0.1) is 6.92 Å². The lowest BCUT2D eigenvalue weighted by molar-refractivity contribution is -0.137. The molecular weight excluding hydrogens is 229 g/mol. The van der Waals surface area contributed by atoms with E-state index >= 15 is 0 Å². The highest BCUT2D eigenvalue weighted by Gasteiger charge is 2.30. The second kappa shape index (κ2) is 4.98. The molecule has 0 spiro atoms. The second-order valence-electron chi connectivity index (χ2n) is 4.49. The Balaban J connectivity index is 2.75. The standard InChI is InChI=1S/C13H16F3O/c1-4-9-12(2,3)17-11-7-5-10(6-8-11)13(14,15)16/h5-8H,1,4,9H2,2-3H3. The van der Waals surface area contributed by atoms with Crippen LogP contribution in [0.3, 0.4) is 0 Å².